The summed E-state index contributed by atoms with van der Waals surface area (Å²) in [5, 5.41) is 11.2. The van der Waals surface area contributed by atoms with Crippen molar-refractivity contribution in [1.82, 2.24) is 10.2 Å². The first-order valence-corrected chi connectivity index (χ1v) is 3.44. The number of alkyl halides is 1. The molecule has 0 unspecified atom stereocenters. The summed E-state index contributed by atoms with van der Waals surface area (Å²) < 4.78 is 12.8. The monoisotopic (exact) mass is 162 g/mol. The molecule has 0 aromatic carbocycles. The summed E-state index contributed by atoms with van der Waals surface area (Å²) in [5.74, 6) is 0. The lowest BCUT2D eigenvalue weighted by atomic mass is 10.2. The number of amides is 1. The van der Waals surface area contributed by atoms with E-state index in [1.54, 1.807) is 7.05 Å². The Morgan fingerprint density at radius 3 is 2.64 bits per heavy atom. The molecule has 0 saturated carbocycles. The number of hydrogen-bond acceptors (Lipinski definition) is 2. The van der Waals surface area contributed by atoms with Gasteiger partial charge in [-0.15, -0.1) is 0 Å². The van der Waals surface area contributed by atoms with Gasteiger partial charge < -0.3 is 15.3 Å². The molecule has 4 nitrogen and oxygen atoms in total. The summed E-state index contributed by atoms with van der Waals surface area (Å²) in [4.78, 5) is 11.4. The third-order valence-corrected chi connectivity index (χ3v) is 1.89. The van der Waals surface area contributed by atoms with Crippen LogP contribution in [0.3, 0.4) is 0 Å². The zero-order valence-electron chi connectivity index (χ0n) is 6.25. The zero-order valence-corrected chi connectivity index (χ0v) is 6.25. The molecule has 1 heterocycles. The molecule has 1 aliphatic heterocycles. The molecule has 0 aliphatic carbocycles. The number of likely N-dealkylation sites (N-methyl/N-ethyl adjacent to an activating group) is 1. The van der Waals surface area contributed by atoms with E-state index in [0.29, 0.717) is 0 Å². The van der Waals surface area contributed by atoms with E-state index < -0.39 is 12.3 Å². The summed E-state index contributed by atoms with van der Waals surface area (Å²) in [6.45, 7) is 0.230. The second-order valence-corrected chi connectivity index (χ2v) is 2.60. The molecule has 1 saturated heterocycles. The van der Waals surface area contributed by atoms with E-state index in [-0.39, 0.29) is 19.1 Å². The zero-order chi connectivity index (χ0) is 8.43. The number of carboxylic acid groups (broad SMARTS) is 1. The fourth-order valence-electron chi connectivity index (χ4n) is 1.19. The van der Waals surface area contributed by atoms with E-state index in [4.69, 9.17) is 5.11 Å². The molecule has 11 heavy (non-hydrogen) atoms. The summed E-state index contributed by atoms with van der Waals surface area (Å²) in [5.41, 5.74) is 0. The molecule has 0 aromatic heterocycles. The molecule has 5 heteroatoms. The minimum absolute atomic E-state index is 0.0131. The number of rotatable bonds is 1. The van der Waals surface area contributed by atoms with E-state index in [0.717, 1.165) is 4.90 Å². The van der Waals surface area contributed by atoms with Crippen LogP contribution in [0.4, 0.5) is 9.18 Å². The highest BCUT2D eigenvalue weighted by Crippen LogP contribution is 2.12. The van der Waals surface area contributed by atoms with Crippen LogP contribution in [0, 0.1) is 0 Å². The van der Waals surface area contributed by atoms with Gasteiger partial charge in [-0.3, -0.25) is 0 Å². The molecule has 2 atom stereocenters. The Balaban J connectivity index is 2.49. The van der Waals surface area contributed by atoms with E-state index in [1.807, 2.05) is 0 Å². The van der Waals surface area contributed by atoms with Gasteiger partial charge in [0.25, 0.3) is 0 Å². The Morgan fingerprint density at radius 2 is 2.36 bits per heavy atom. The minimum Gasteiger partial charge on any atom is -0.465 e. The van der Waals surface area contributed by atoms with Crippen LogP contribution in [0.15, 0.2) is 0 Å². The molecule has 0 bridgehead atoms. The molecule has 0 aromatic rings. The molecule has 0 spiro atoms. The average Bonchev–Trinajstić information content (AvgIpc) is 2.31. The van der Waals surface area contributed by atoms with Crippen LogP contribution in [-0.2, 0) is 0 Å². The maximum absolute atomic E-state index is 12.8. The van der Waals surface area contributed by atoms with Crippen molar-refractivity contribution in [3.8, 4) is 0 Å². The summed E-state index contributed by atoms with van der Waals surface area (Å²) in [7, 11) is 1.63. The molecule has 0 radical (unpaired) electrons. The Hall–Kier alpha value is -0.840. The Bertz CT molecular complexity index is 165. The van der Waals surface area contributed by atoms with Gasteiger partial charge in [0.15, 0.2) is 0 Å². The molecule has 1 aliphatic rings. The van der Waals surface area contributed by atoms with E-state index in [9.17, 15) is 9.18 Å². The molecule has 1 amide bonds. The fourth-order valence-corrected chi connectivity index (χ4v) is 1.19. The Morgan fingerprint density at radius 1 is 1.73 bits per heavy atom. The molecule has 2 N–H and O–H groups in total. The molecular formula is C6H11FN2O2. The van der Waals surface area contributed by atoms with Crippen LogP contribution in [0.5, 0.6) is 0 Å². The van der Waals surface area contributed by atoms with Crippen LogP contribution in [-0.4, -0.2) is 48.5 Å². The lowest BCUT2D eigenvalue weighted by molar-refractivity contribution is 0.152. The number of carbonyl (C=O) groups is 1. The van der Waals surface area contributed by atoms with Crippen molar-refractivity contribution in [3.05, 3.63) is 0 Å². The fraction of sp³-hybridized carbons (Fsp3) is 0.833. The van der Waals surface area contributed by atoms with E-state index in [2.05, 4.69) is 5.32 Å². The van der Waals surface area contributed by atoms with Gasteiger partial charge in [0.2, 0.25) is 0 Å². The van der Waals surface area contributed by atoms with Crippen LogP contribution in [0.2, 0.25) is 0 Å². The third kappa shape index (κ3) is 1.59. The molecular weight excluding hydrogens is 151 g/mol. The van der Waals surface area contributed by atoms with Crippen molar-refractivity contribution in [3.63, 3.8) is 0 Å². The first-order valence-electron chi connectivity index (χ1n) is 3.44. The highest BCUT2D eigenvalue weighted by atomic mass is 19.1. The highest BCUT2D eigenvalue weighted by Gasteiger charge is 2.34. The van der Waals surface area contributed by atoms with Crippen molar-refractivity contribution in [2.45, 2.75) is 12.2 Å². The number of likely N-dealkylation sites (tertiary alicyclic amines) is 1. The number of nitrogens with zero attached hydrogens (tertiary/aromatic N) is 1. The van der Waals surface area contributed by atoms with Gasteiger partial charge in [0, 0.05) is 6.54 Å². The van der Waals surface area contributed by atoms with E-state index in [1.165, 1.54) is 0 Å². The summed E-state index contributed by atoms with van der Waals surface area (Å²) >= 11 is 0. The van der Waals surface area contributed by atoms with Crippen LogP contribution >= 0.6 is 0 Å². The molecule has 64 valence electrons. The number of halogens is 1. The quantitative estimate of drug-likeness (QED) is 0.566. The van der Waals surface area contributed by atoms with Crippen LogP contribution in [0.25, 0.3) is 0 Å². The van der Waals surface area contributed by atoms with Crippen molar-refractivity contribution >= 4 is 6.09 Å². The summed E-state index contributed by atoms with van der Waals surface area (Å²) in [6, 6.07) is -0.342. The van der Waals surface area contributed by atoms with Crippen molar-refractivity contribution in [2.24, 2.45) is 0 Å². The second kappa shape index (κ2) is 3.04. The van der Waals surface area contributed by atoms with Crippen LogP contribution in [0.1, 0.15) is 0 Å². The average molecular weight is 162 g/mol. The van der Waals surface area contributed by atoms with Gasteiger partial charge in [0.1, 0.15) is 6.17 Å². The standard InChI is InChI=1S/C6H11FN2O2/c1-8-5-3-9(6(10)11)2-4(5)7/h4-5,8H,2-3H2,1H3,(H,10,11)/t4-,5-/m1/s1. The van der Waals surface area contributed by atoms with Gasteiger partial charge in [-0.1, -0.05) is 0 Å². The SMILES string of the molecule is CN[C@@H]1CN(C(=O)O)C[C@H]1F. The molecule has 1 fully saturated rings. The number of nitrogens with one attached hydrogen (secondary N) is 1. The van der Waals surface area contributed by atoms with Crippen LogP contribution < -0.4 is 5.32 Å². The topological polar surface area (TPSA) is 52.6 Å². The van der Waals surface area contributed by atoms with Gasteiger partial charge in [-0.25, -0.2) is 9.18 Å². The Kier molecular flexibility index (Phi) is 2.28. The van der Waals surface area contributed by atoms with Gasteiger partial charge in [0.05, 0.1) is 12.6 Å². The van der Waals surface area contributed by atoms with Gasteiger partial charge >= 0.3 is 6.09 Å². The lowest BCUT2D eigenvalue weighted by Crippen LogP contribution is -2.34. The van der Waals surface area contributed by atoms with E-state index >= 15 is 0 Å². The van der Waals surface area contributed by atoms with Gasteiger partial charge in [-0.05, 0) is 7.05 Å². The number of hydrogen-bond donors (Lipinski definition) is 2. The van der Waals surface area contributed by atoms with Crippen molar-refractivity contribution in [1.29, 1.82) is 0 Å². The first-order chi connectivity index (χ1) is 5.15. The Labute approximate surface area is 64.0 Å². The van der Waals surface area contributed by atoms with Gasteiger partial charge in [-0.2, -0.15) is 0 Å². The highest BCUT2D eigenvalue weighted by molar-refractivity contribution is 5.65. The lowest BCUT2D eigenvalue weighted by Gasteiger charge is -2.10. The van der Waals surface area contributed by atoms with Crippen molar-refractivity contribution in [2.75, 3.05) is 20.1 Å². The predicted molar refractivity (Wildman–Crippen MR) is 37.3 cm³/mol. The largest absolute Gasteiger partial charge is 0.465 e. The third-order valence-electron chi connectivity index (χ3n) is 1.89. The smallest absolute Gasteiger partial charge is 0.407 e. The minimum atomic E-state index is -1.07. The summed E-state index contributed by atoms with van der Waals surface area (Å²) in [6.07, 6.45) is -2.12. The first kappa shape index (κ1) is 8.26. The normalized spacial score (nSPS) is 30.9. The maximum atomic E-state index is 12.8. The predicted octanol–water partition coefficient (Wildman–Crippen LogP) is -0.0939. The molecule has 1 rings (SSSR count). The van der Waals surface area contributed by atoms with Crippen molar-refractivity contribution < 1.29 is 14.3 Å². The maximum Gasteiger partial charge on any atom is 0.407 e. The second-order valence-electron chi connectivity index (χ2n) is 2.60.